The molecule has 4 aliphatic rings. The third-order valence-electron chi connectivity index (χ3n) is 10.8. The van der Waals surface area contributed by atoms with Crippen LogP contribution in [0.25, 0.3) is 10.1 Å². The van der Waals surface area contributed by atoms with Crippen molar-refractivity contribution in [3.05, 3.63) is 70.6 Å². The molecule has 4 fully saturated rings. The largest absolute Gasteiger partial charge is 0.399 e. The van der Waals surface area contributed by atoms with Gasteiger partial charge in [-0.05, 0) is 79.5 Å². The molecule has 3 aromatic rings. The van der Waals surface area contributed by atoms with Crippen LogP contribution in [0.15, 0.2) is 54.6 Å². The van der Waals surface area contributed by atoms with Crippen molar-refractivity contribution in [3.8, 4) is 6.07 Å². The van der Waals surface area contributed by atoms with E-state index in [2.05, 4.69) is 11.4 Å². The highest BCUT2D eigenvalue weighted by Gasteiger charge is 2.52. The van der Waals surface area contributed by atoms with Crippen LogP contribution >= 0.6 is 18.9 Å². The van der Waals surface area contributed by atoms with Crippen molar-refractivity contribution >= 4 is 46.7 Å². The number of nitrogens with one attached hydrogen (secondary N) is 1. The molecule has 1 aliphatic carbocycles. The van der Waals surface area contributed by atoms with E-state index in [4.69, 9.17) is 0 Å². The molecular weight excluding hydrogens is 673 g/mol. The first-order valence-electron chi connectivity index (χ1n) is 16.7. The number of nitrogens with zero attached hydrogens (tertiary/aromatic N) is 3. The van der Waals surface area contributed by atoms with Gasteiger partial charge in [0.15, 0.2) is 0 Å². The average molecular weight is 711 g/mol. The number of alkyl halides is 2. The molecule has 2 aromatic carbocycles. The summed E-state index contributed by atoms with van der Waals surface area (Å²) in [5, 5.41) is 13.1. The third-order valence-corrected chi connectivity index (χ3v) is 12.9. The van der Waals surface area contributed by atoms with Gasteiger partial charge in [-0.2, -0.15) is 14.0 Å². The zero-order valence-electron chi connectivity index (χ0n) is 26.6. The number of likely N-dealkylation sites (tertiary alicyclic amines) is 1. The summed E-state index contributed by atoms with van der Waals surface area (Å²) in [5.74, 6) is -1.34. The predicted octanol–water partition coefficient (Wildman–Crippen LogP) is 5.56. The molecule has 1 saturated carbocycles. The normalized spacial score (nSPS) is 27.8. The standard InChI is InChI=1S/C35H37F2N4O6PS/c36-35(37,48(45,46)47)24-11-14-29-22(15-24)16-30(49-29)32(42)39-31-26(21-9-10-21)8-4-7-25-12-13-28(41(25)34(31)44)33(43)40-18-23(17-38)27(19-40)20-5-2-1-3-6-20/h1-3,5-6,11,14-16,21,23,25-28,31H,4,7-10,12-13,18-19H2,(H,39,42)(H2,45,46,47)/t23-,25+,26+,27+,28+,31+/m1/s1. The number of fused-ring (bicyclic) bond motifs is 2. The number of amides is 3. The summed E-state index contributed by atoms with van der Waals surface area (Å²) in [6.07, 6.45) is 5.44. The molecule has 4 heterocycles. The van der Waals surface area contributed by atoms with E-state index in [0.29, 0.717) is 24.1 Å². The van der Waals surface area contributed by atoms with E-state index < -0.39 is 36.8 Å². The Kier molecular flexibility index (Phi) is 8.89. The number of nitriles is 1. The van der Waals surface area contributed by atoms with Crippen LogP contribution in [0.1, 0.15) is 71.7 Å². The molecule has 49 heavy (non-hydrogen) atoms. The van der Waals surface area contributed by atoms with Crippen LogP contribution in [0.2, 0.25) is 0 Å². The van der Waals surface area contributed by atoms with Crippen molar-refractivity contribution in [2.24, 2.45) is 17.8 Å². The van der Waals surface area contributed by atoms with E-state index in [1.54, 1.807) is 9.80 Å². The number of halogens is 2. The van der Waals surface area contributed by atoms with Crippen molar-refractivity contribution in [3.63, 3.8) is 0 Å². The maximum atomic E-state index is 14.6. The fourth-order valence-electron chi connectivity index (χ4n) is 8.13. The van der Waals surface area contributed by atoms with Gasteiger partial charge in [0.25, 0.3) is 5.91 Å². The maximum Gasteiger partial charge on any atom is 0.399 e. The first kappa shape index (κ1) is 33.8. The molecule has 0 radical (unpaired) electrons. The van der Waals surface area contributed by atoms with Gasteiger partial charge < -0.3 is 24.9 Å². The number of rotatable bonds is 7. The van der Waals surface area contributed by atoms with Crippen molar-refractivity contribution in [1.29, 1.82) is 5.26 Å². The summed E-state index contributed by atoms with van der Waals surface area (Å²) in [6, 6.07) is 14.9. The number of carbonyl (C=O) groups is 3. The van der Waals surface area contributed by atoms with Gasteiger partial charge in [0.2, 0.25) is 11.8 Å². The van der Waals surface area contributed by atoms with Gasteiger partial charge in [-0.15, -0.1) is 11.3 Å². The highest BCUT2D eigenvalue weighted by molar-refractivity contribution is 7.52. The van der Waals surface area contributed by atoms with Crippen molar-refractivity contribution in [2.45, 2.75) is 74.7 Å². The maximum absolute atomic E-state index is 14.6. The van der Waals surface area contributed by atoms with Crippen LogP contribution in [0.3, 0.4) is 0 Å². The van der Waals surface area contributed by atoms with Crippen LogP contribution in [-0.2, 0) is 19.8 Å². The van der Waals surface area contributed by atoms with Crippen LogP contribution in [0.5, 0.6) is 0 Å². The Morgan fingerprint density at radius 2 is 1.76 bits per heavy atom. The van der Waals surface area contributed by atoms with E-state index in [1.165, 1.54) is 12.1 Å². The summed E-state index contributed by atoms with van der Waals surface area (Å²) in [5.41, 5.74) is -4.24. The Hall–Kier alpha value is -3.69. The molecule has 0 spiro atoms. The number of carbonyl (C=O) groups excluding carboxylic acids is 3. The van der Waals surface area contributed by atoms with Gasteiger partial charge in [0.05, 0.1) is 16.9 Å². The SMILES string of the molecule is N#C[C@@H]1CN(C(=O)[C@@H]2CC[C@@H]3CCC[C@@H](C4CC4)[C@H](NC(=O)c4cc5cc(C(F)(F)P(=O)(O)O)ccc5s4)C(=O)N32)C[C@H]1c1ccccc1. The average Bonchev–Trinajstić information content (AvgIpc) is 3.48. The Labute approximate surface area is 286 Å². The summed E-state index contributed by atoms with van der Waals surface area (Å²) in [7, 11) is -5.77. The van der Waals surface area contributed by atoms with Crippen molar-refractivity contribution in [1.82, 2.24) is 15.1 Å². The molecular formula is C35H37F2N4O6PS. The molecule has 0 bridgehead atoms. The smallest absolute Gasteiger partial charge is 0.339 e. The molecule has 258 valence electrons. The first-order chi connectivity index (χ1) is 23.4. The summed E-state index contributed by atoms with van der Waals surface area (Å²) < 4.78 is 40.7. The third kappa shape index (κ3) is 6.29. The lowest BCUT2D eigenvalue weighted by Gasteiger charge is -2.39. The zero-order chi connectivity index (χ0) is 34.7. The molecule has 10 nitrogen and oxygen atoms in total. The Bertz CT molecular complexity index is 1870. The molecule has 3 N–H and O–H groups in total. The molecule has 7 rings (SSSR count). The van der Waals surface area contributed by atoms with Crippen molar-refractivity contribution in [2.75, 3.05) is 13.1 Å². The monoisotopic (exact) mass is 710 g/mol. The quantitative estimate of drug-likeness (QED) is 0.272. The Morgan fingerprint density at radius 1 is 1.00 bits per heavy atom. The van der Waals surface area contributed by atoms with Crippen LogP contribution in [-0.4, -0.2) is 68.5 Å². The Balaban J connectivity index is 1.13. The molecule has 3 aliphatic heterocycles. The summed E-state index contributed by atoms with van der Waals surface area (Å²) in [6.45, 7) is 0.680. The minimum Gasteiger partial charge on any atom is -0.339 e. The lowest BCUT2D eigenvalue weighted by atomic mass is 9.85. The molecule has 6 atom stereocenters. The van der Waals surface area contributed by atoms with Crippen molar-refractivity contribution < 1.29 is 37.5 Å². The molecule has 3 saturated heterocycles. The van der Waals surface area contributed by atoms with E-state index in [-0.39, 0.29) is 58.3 Å². The van der Waals surface area contributed by atoms with E-state index in [1.807, 2.05) is 30.3 Å². The number of hydrogen-bond donors (Lipinski definition) is 3. The van der Waals surface area contributed by atoms with Crippen LogP contribution in [0, 0.1) is 29.1 Å². The second kappa shape index (κ2) is 12.9. The van der Waals surface area contributed by atoms with E-state index in [9.17, 15) is 42.8 Å². The lowest BCUT2D eigenvalue weighted by Crippen LogP contribution is -2.59. The summed E-state index contributed by atoms with van der Waals surface area (Å²) in [4.78, 5) is 64.5. The molecule has 0 unspecified atom stereocenters. The summed E-state index contributed by atoms with van der Waals surface area (Å²) >= 11 is 1.04. The van der Waals surface area contributed by atoms with Gasteiger partial charge in [0.1, 0.15) is 12.1 Å². The van der Waals surface area contributed by atoms with Gasteiger partial charge in [0, 0.05) is 35.3 Å². The van der Waals surface area contributed by atoms with Crippen LogP contribution < -0.4 is 5.32 Å². The fraction of sp³-hybridized carbons (Fsp3) is 0.486. The van der Waals surface area contributed by atoms with Gasteiger partial charge >= 0.3 is 13.3 Å². The fourth-order valence-corrected chi connectivity index (χ4v) is 9.55. The highest BCUT2D eigenvalue weighted by atomic mass is 32.1. The molecule has 1 aromatic heterocycles. The minimum absolute atomic E-state index is 0.117. The second-order valence-corrected chi connectivity index (χ2v) is 16.6. The van der Waals surface area contributed by atoms with Gasteiger partial charge in [-0.3, -0.25) is 18.9 Å². The van der Waals surface area contributed by atoms with Crippen LogP contribution in [0.4, 0.5) is 8.78 Å². The minimum atomic E-state index is -5.77. The zero-order valence-corrected chi connectivity index (χ0v) is 28.3. The lowest BCUT2D eigenvalue weighted by molar-refractivity contribution is -0.147. The van der Waals surface area contributed by atoms with E-state index in [0.717, 1.165) is 61.1 Å². The van der Waals surface area contributed by atoms with E-state index >= 15 is 0 Å². The first-order valence-corrected chi connectivity index (χ1v) is 19.1. The topological polar surface area (TPSA) is 151 Å². The predicted molar refractivity (Wildman–Crippen MR) is 178 cm³/mol. The van der Waals surface area contributed by atoms with Gasteiger partial charge in [-0.1, -0.05) is 42.8 Å². The number of thiophene rings is 1. The molecule has 3 amide bonds. The Morgan fingerprint density at radius 3 is 2.45 bits per heavy atom. The highest BCUT2D eigenvalue weighted by Crippen LogP contribution is 2.59. The molecule has 14 heteroatoms. The van der Waals surface area contributed by atoms with Gasteiger partial charge in [-0.25, -0.2) is 0 Å². The number of benzene rings is 2. The number of hydrogen-bond acceptors (Lipinski definition) is 6. The second-order valence-electron chi connectivity index (χ2n) is 13.8.